The number of ether oxygens (including phenoxy) is 1. The zero-order valence-electron chi connectivity index (χ0n) is 21.5. The minimum atomic E-state index is -0.461. The standard InChI is InChI=1S/C29H42O5/c1-28(2,20-30)18-7-5-10-22-14-16-24(26(22)32)12-9-13-25-17-15-23(27(25)33)11-6-8-19-29(3,4)34-21-31/h14-17,21,30H,5-13,18-20H2,1-4H3. The fourth-order valence-electron chi connectivity index (χ4n) is 4.43. The Morgan fingerprint density at radius 2 is 1.12 bits per heavy atom. The number of ketones is 2. The zero-order valence-corrected chi connectivity index (χ0v) is 21.5. The molecule has 0 aliphatic heterocycles. The van der Waals surface area contributed by atoms with Crippen molar-refractivity contribution in [1.82, 2.24) is 0 Å². The van der Waals surface area contributed by atoms with E-state index < -0.39 is 5.60 Å². The first-order valence-electron chi connectivity index (χ1n) is 12.7. The van der Waals surface area contributed by atoms with Crippen LogP contribution < -0.4 is 0 Å². The van der Waals surface area contributed by atoms with Crippen LogP contribution in [0.4, 0.5) is 0 Å². The molecule has 5 nitrogen and oxygen atoms in total. The van der Waals surface area contributed by atoms with Gasteiger partial charge in [0.2, 0.25) is 0 Å². The summed E-state index contributed by atoms with van der Waals surface area (Å²) in [6.45, 7) is 8.58. The van der Waals surface area contributed by atoms with Gasteiger partial charge in [-0.05, 0) is 106 Å². The lowest BCUT2D eigenvalue weighted by Crippen LogP contribution is -2.23. The summed E-state index contributed by atoms with van der Waals surface area (Å²) >= 11 is 0. The number of allylic oxidation sites excluding steroid dienone is 8. The normalized spacial score (nSPS) is 16.4. The van der Waals surface area contributed by atoms with Crippen molar-refractivity contribution in [3.8, 4) is 0 Å². The number of unbranched alkanes of at least 4 members (excludes halogenated alkanes) is 2. The lowest BCUT2D eigenvalue weighted by atomic mass is 9.87. The van der Waals surface area contributed by atoms with Gasteiger partial charge in [0, 0.05) is 6.61 Å². The molecule has 0 saturated carbocycles. The van der Waals surface area contributed by atoms with Gasteiger partial charge in [0.05, 0.1) is 0 Å². The molecule has 0 unspecified atom stereocenters. The third-order valence-corrected chi connectivity index (χ3v) is 6.85. The predicted octanol–water partition coefficient (Wildman–Crippen LogP) is 6.12. The van der Waals surface area contributed by atoms with Gasteiger partial charge in [-0.2, -0.15) is 0 Å². The number of rotatable bonds is 17. The molecule has 5 heteroatoms. The van der Waals surface area contributed by atoms with E-state index in [0.717, 1.165) is 80.1 Å². The van der Waals surface area contributed by atoms with Gasteiger partial charge in [0.1, 0.15) is 5.60 Å². The first-order valence-corrected chi connectivity index (χ1v) is 12.7. The van der Waals surface area contributed by atoms with Crippen LogP contribution in [-0.4, -0.2) is 35.4 Å². The molecule has 0 aromatic heterocycles. The smallest absolute Gasteiger partial charge is 0.293 e. The molecule has 0 spiro atoms. The number of carbonyl (C=O) groups excluding carboxylic acids is 3. The van der Waals surface area contributed by atoms with Gasteiger partial charge in [-0.15, -0.1) is 0 Å². The quantitative estimate of drug-likeness (QED) is 0.205. The summed E-state index contributed by atoms with van der Waals surface area (Å²) < 4.78 is 5.07. The van der Waals surface area contributed by atoms with Crippen molar-refractivity contribution in [2.24, 2.45) is 5.41 Å². The molecule has 0 bridgehead atoms. The lowest BCUT2D eigenvalue weighted by Gasteiger charge is -2.22. The second kappa shape index (κ2) is 13.0. The van der Waals surface area contributed by atoms with Crippen LogP contribution in [0, 0.1) is 5.41 Å². The van der Waals surface area contributed by atoms with Crippen LogP contribution in [0.25, 0.3) is 0 Å². The Morgan fingerprint density at radius 3 is 1.53 bits per heavy atom. The molecule has 2 aliphatic rings. The van der Waals surface area contributed by atoms with Crippen LogP contribution in [0.3, 0.4) is 0 Å². The summed E-state index contributed by atoms with van der Waals surface area (Å²) in [5.74, 6) is 0.299. The molecule has 0 atom stereocenters. The summed E-state index contributed by atoms with van der Waals surface area (Å²) in [5.41, 5.74) is 2.92. The summed E-state index contributed by atoms with van der Waals surface area (Å²) in [4.78, 5) is 35.8. The first-order chi connectivity index (χ1) is 16.1. The molecule has 0 aromatic carbocycles. The molecule has 1 N–H and O–H groups in total. The topological polar surface area (TPSA) is 80.7 Å². The number of Topliss-reactive ketones (excluding diaryl/α,β-unsaturated/α-hetero) is 2. The number of aliphatic hydroxyl groups excluding tert-OH is 1. The average Bonchev–Trinajstić information content (AvgIpc) is 3.31. The molecule has 0 amide bonds. The van der Waals surface area contributed by atoms with Crippen LogP contribution in [0.15, 0.2) is 46.6 Å². The number of hydrogen-bond donors (Lipinski definition) is 1. The molecular weight excluding hydrogens is 428 g/mol. The predicted molar refractivity (Wildman–Crippen MR) is 135 cm³/mol. The minimum Gasteiger partial charge on any atom is -0.462 e. The van der Waals surface area contributed by atoms with E-state index in [0.29, 0.717) is 19.3 Å². The summed E-state index contributed by atoms with van der Waals surface area (Å²) in [5, 5.41) is 9.35. The van der Waals surface area contributed by atoms with Gasteiger partial charge in [-0.3, -0.25) is 14.4 Å². The Hall–Kier alpha value is -2.27. The van der Waals surface area contributed by atoms with Gasteiger partial charge in [0.15, 0.2) is 11.6 Å². The molecule has 0 aromatic rings. The van der Waals surface area contributed by atoms with E-state index in [1.54, 1.807) is 0 Å². The fraction of sp³-hybridized carbons (Fsp3) is 0.621. The zero-order chi connectivity index (χ0) is 25.2. The highest BCUT2D eigenvalue weighted by Gasteiger charge is 2.23. The van der Waals surface area contributed by atoms with Crippen molar-refractivity contribution < 1.29 is 24.2 Å². The highest BCUT2D eigenvalue weighted by atomic mass is 16.5. The number of carbonyl (C=O) groups is 3. The van der Waals surface area contributed by atoms with Crippen LogP contribution in [0.1, 0.15) is 98.3 Å². The first kappa shape index (κ1) is 28.0. The van der Waals surface area contributed by atoms with Crippen LogP contribution >= 0.6 is 0 Å². The van der Waals surface area contributed by atoms with E-state index in [2.05, 4.69) is 13.8 Å². The van der Waals surface area contributed by atoms with E-state index in [4.69, 9.17) is 4.74 Å². The Kier molecular flexibility index (Phi) is 10.7. The number of aliphatic hydroxyl groups is 1. The second-order valence-electron chi connectivity index (χ2n) is 11.0. The lowest BCUT2D eigenvalue weighted by molar-refractivity contribution is -0.140. The Morgan fingerprint density at radius 1 is 0.706 bits per heavy atom. The van der Waals surface area contributed by atoms with Gasteiger partial charge in [-0.1, -0.05) is 44.6 Å². The minimum absolute atomic E-state index is 0.0541. The van der Waals surface area contributed by atoms with Gasteiger partial charge >= 0.3 is 0 Å². The van der Waals surface area contributed by atoms with Crippen molar-refractivity contribution >= 4 is 18.0 Å². The van der Waals surface area contributed by atoms with E-state index >= 15 is 0 Å². The summed E-state index contributed by atoms with van der Waals surface area (Å²) in [6.07, 6.45) is 16.9. The third-order valence-electron chi connectivity index (χ3n) is 6.85. The molecule has 0 saturated heterocycles. The maximum atomic E-state index is 12.7. The highest BCUT2D eigenvalue weighted by Crippen LogP contribution is 2.29. The fourth-order valence-corrected chi connectivity index (χ4v) is 4.43. The van der Waals surface area contributed by atoms with Gasteiger partial charge in [0.25, 0.3) is 6.47 Å². The average molecular weight is 471 g/mol. The van der Waals surface area contributed by atoms with E-state index in [9.17, 15) is 19.5 Å². The SMILES string of the molecule is CC(C)(CO)CCCCC1=CC=C(CCCC2=CC=C(CCCCC(C)(C)OC=O)C2=O)C1=O. The van der Waals surface area contributed by atoms with Gasteiger partial charge < -0.3 is 9.84 Å². The van der Waals surface area contributed by atoms with Crippen molar-refractivity contribution in [2.45, 2.75) is 104 Å². The van der Waals surface area contributed by atoms with E-state index in [1.807, 2.05) is 38.2 Å². The monoisotopic (exact) mass is 470 g/mol. The van der Waals surface area contributed by atoms with Crippen LogP contribution in [0.2, 0.25) is 0 Å². The Balaban J connectivity index is 1.62. The maximum Gasteiger partial charge on any atom is 0.293 e. The molecule has 0 fully saturated rings. The molecule has 2 rings (SSSR count). The highest BCUT2D eigenvalue weighted by molar-refractivity contribution is 6.11. The Bertz CT molecular complexity index is 867. The van der Waals surface area contributed by atoms with Crippen LogP contribution in [-0.2, 0) is 19.1 Å². The van der Waals surface area contributed by atoms with Crippen molar-refractivity contribution in [1.29, 1.82) is 0 Å². The van der Waals surface area contributed by atoms with Gasteiger partial charge in [-0.25, -0.2) is 0 Å². The summed E-state index contributed by atoms with van der Waals surface area (Å²) in [6, 6.07) is 0. The van der Waals surface area contributed by atoms with Crippen LogP contribution in [0.5, 0.6) is 0 Å². The molecule has 0 heterocycles. The van der Waals surface area contributed by atoms with Crippen molar-refractivity contribution in [2.75, 3.05) is 6.61 Å². The summed E-state index contributed by atoms with van der Waals surface area (Å²) in [7, 11) is 0. The Labute approximate surface area is 205 Å². The third kappa shape index (κ3) is 8.83. The molecule has 34 heavy (non-hydrogen) atoms. The van der Waals surface area contributed by atoms with E-state index in [-0.39, 0.29) is 23.6 Å². The molecular formula is C29H42O5. The van der Waals surface area contributed by atoms with Crippen molar-refractivity contribution in [3.05, 3.63) is 46.6 Å². The maximum absolute atomic E-state index is 12.7. The molecule has 0 radical (unpaired) electrons. The van der Waals surface area contributed by atoms with Crippen molar-refractivity contribution in [3.63, 3.8) is 0 Å². The second-order valence-corrected chi connectivity index (χ2v) is 11.0. The van der Waals surface area contributed by atoms with E-state index in [1.165, 1.54) is 0 Å². The number of hydrogen-bond acceptors (Lipinski definition) is 5. The largest absolute Gasteiger partial charge is 0.462 e. The molecule has 188 valence electrons. The molecule has 2 aliphatic carbocycles.